The molecule has 1 aromatic heterocycles. The summed E-state index contributed by atoms with van der Waals surface area (Å²) in [5, 5.41) is 0. The van der Waals surface area contributed by atoms with Crippen molar-refractivity contribution in [3.8, 4) is 0 Å². The summed E-state index contributed by atoms with van der Waals surface area (Å²) in [6.45, 7) is 3.22. The molecule has 0 spiro atoms. The van der Waals surface area contributed by atoms with Crippen molar-refractivity contribution < 1.29 is 13.6 Å². The molecule has 0 bridgehead atoms. The van der Waals surface area contributed by atoms with Crippen LogP contribution in [0.4, 0.5) is 14.6 Å². The third-order valence-electron chi connectivity index (χ3n) is 5.77. The monoisotopic (exact) mass is 468 g/mol. The second-order valence-electron chi connectivity index (χ2n) is 7.97. The number of nitrogens with zero attached hydrogens (tertiary/aromatic N) is 3. The normalized spacial score (nSPS) is 14.6. The molecule has 0 saturated carbocycles. The minimum atomic E-state index is -2.51. The Bertz CT molecular complexity index is 1090. The van der Waals surface area contributed by atoms with Crippen molar-refractivity contribution in [1.29, 1.82) is 0 Å². The lowest BCUT2D eigenvalue weighted by molar-refractivity contribution is 0.0628. The topological polar surface area (TPSA) is 62.5 Å². The summed E-state index contributed by atoms with van der Waals surface area (Å²) in [6, 6.07) is 18.7. The largest absolute Gasteiger partial charge is 0.383 e. The molecule has 8 heteroatoms. The molecule has 1 aliphatic heterocycles. The molecule has 172 valence electrons. The number of piperazine rings is 1. The third kappa shape index (κ3) is 6.09. The van der Waals surface area contributed by atoms with Gasteiger partial charge in [-0.3, -0.25) is 9.69 Å². The van der Waals surface area contributed by atoms with Gasteiger partial charge in [0.15, 0.2) is 0 Å². The number of halogens is 2. The molecule has 0 aliphatic carbocycles. The smallest absolute Gasteiger partial charge is 0.288 e. The van der Waals surface area contributed by atoms with E-state index in [1.807, 2.05) is 24.3 Å². The Hall–Kier alpha value is -2.97. The van der Waals surface area contributed by atoms with E-state index in [0.29, 0.717) is 60.8 Å². The van der Waals surface area contributed by atoms with Crippen LogP contribution in [0.2, 0.25) is 0 Å². The van der Waals surface area contributed by atoms with E-state index in [1.165, 1.54) is 11.6 Å². The van der Waals surface area contributed by atoms with Crippen molar-refractivity contribution in [2.45, 2.75) is 23.6 Å². The van der Waals surface area contributed by atoms with E-state index in [1.54, 1.807) is 29.3 Å². The molecule has 2 N–H and O–H groups in total. The van der Waals surface area contributed by atoms with Crippen molar-refractivity contribution in [2.24, 2.45) is 0 Å². The van der Waals surface area contributed by atoms with Crippen LogP contribution >= 0.6 is 11.8 Å². The molecule has 2 heterocycles. The number of nitrogen functional groups attached to an aromatic ring is 1. The number of nitrogens with two attached hydrogens (primary N) is 1. The number of hydrogen-bond donors (Lipinski definition) is 1. The van der Waals surface area contributed by atoms with E-state index >= 15 is 0 Å². The third-order valence-corrected chi connectivity index (χ3v) is 6.48. The van der Waals surface area contributed by atoms with Gasteiger partial charge in [0.2, 0.25) is 0 Å². The first-order valence-electron chi connectivity index (χ1n) is 10.8. The van der Waals surface area contributed by atoms with Crippen LogP contribution in [0.5, 0.6) is 0 Å². The summed E-state index contributed by atoms with van der Waals surface area (Å²) < 4.78 is 25.3. The first kappa shape index (κ1) is 23.2. The molecule has 0 radical (unpaired) electrons. The highest BCUT2D eigenvalue weighted by molar-refractivity contribution is 7.99. The number of amides is 1. The Balaban J connectivity index is 1.39. The maximum atomic E-state index is 12.9. The standard InChI is InChI=1S/C25H26F2N4OS/c26-25(27)33-21-8-4-7-20(16-21)24(32)31-13-11-30(12-14-31)17-22-19(9-10-29-23(22)28)15-18-5-2-1-3-6-18/h1-10,16,25H,11-15,17H2,(H2,28,29). The Kier molecular flexibility index (Phi) is 7.57. The number of carbonyl (C=O) groups is 1. The fourth-order valence-corrected chi connectivity index (χ4v) is 4.59. The quantitative estimate of drug-likeness (QED) is 0.517. The minimum Gasteiger partial charge on any atom is -0.383 e. The predicted octanol–water partition coefficient (Wildman–Crippen LogP) is 4.53. The van der Waals surface area contributed by atoms with E-state index < -0.39 is 5.76 Å². The Morgan fingerprint density at radius 3 is 2.52 bits per heavy atom. The van der Waals surface area contributed by atoms with Crippen LogP contribution in [0.25, 0.3) is 0 Å². The van der Waals surface area contributed by atoms with Crippen LogP contribution in [-0.4, -0.2) is 52.6 Å². The maximum Gasteiger partial charge on any atom is 0.288 e. The number of pyridine rings is 1. The highest BCUT2D eigenvalue weighted by atomic mass is 32.2. The summed E-state index contributed by atoms with van der Waals surface area (Å²) in [5.74, 6) is -2.10. The van der Waals surface area contributed by atoms with Gasteiger partial charge in [-0.25, -0.2) is 4.98 Å². The summed E-state index contributed by atoms with van der Waals surface area (Å²) in [5.41, 5.74) is 10.1. The fraction of sp³-hybridized carbons (Fsp3) is 0.280. The molecule has 2 aromatic carbocycles. The van der Waals surface area contributed by atoms with Crippen LogP contribution in [0.1, 0.15) is 27.0 Å². The molecular weight excluding hydrogens is 442 g/mol. The molecule has 33 heavy (non-hydrogen) atoms. The average molecular weight is 469 g/mol. The number of aromatic nitrogens is 1. The number of thioether (sulfide) groups is 1. The first-order valence-corrected chi connectivity index (χ1v) is 11.7. The summed E-state index contributed by atoms with van der Waals surface area (Å²) >= 11 is 0.451. The lowest BCUT2D eigenvalue weighted by atomic mass is 10.0. The molecule has 1 saturated heterocycles. The zero-order valence-corrected chi connectivity index (χ0v) is 19.0. The summed E-state index contributed by atoms with van der Waals surface area (Å²) in [4.78, 5) is 21.6. The van der Waals surface area contributed by atoms with Gasteiger partial charge in [-0.1, -0.05) is 48.2 Å². The Labute approximate surface area is 196 Å². The summed E-state index contributed by atoms with van der Waals surface area (Å²) in [7, 11) is 0. The fourth-order valence-electron chi connectivity index (χ4n) is 4.04. The number of hydrogen-bond acceptors (Lipinski definition) is 5. The van der Waals surface area contributed by atoms with Crippen LogP contribution < -0.4 is 5.73 Å². The highest BCUT2D eigenvalue weighted by Crippen LogP contribution is 2.26. The van der Waals surface area contributed by atoms with Crippen molar-refractivity contribution >= 4 is 23.5 Å². The van der Waals surface area contributed by atoms with Crippen molar-refractivity contribution in [3.05, 3.63) is 89.1 Å². The minimum absolute atomic E-state index is 0.128. The number of alkyl halides is 2. The van der Waals surface area contributed by atoms with Gasteiger partial charge in [-0.05, 0) is 41.8 Å². The van der Waals surface area contributed by atoms with Gasteiger partial charge in [-0.15, -0.1) is 0 Å². The van der Waals surface area contributed by atoms with Gasteiger partial charge < -0.3 is 10.6 Å². The molecule has 0 atom stereocenters. The van der Waals surface area contributed by atoms with Crippen molar-refractivity contribution in [1.82, 2.24) is 14.8 Å². The zero-order valence-electron chi connectivity index (χ0n) is 18.2. The van der Waals surface area contributed by atoms with Crippen molar-refractivity contribution in [3.63, 3.8) is 0 Å². The van der Waals surface area contributed by atoms with E-state index in [0.717, 1.165) is 17.5 Å². The zero-order chi connectivity index (χ0) is 23.2. The van der Waals surface area contributed by atoms with Crippen molar-refractivity contribution in [2.75, 3.05) is 31.9 Å². The molecule has 1 aliphatic rings. The van der Waals surface area contributed by atoms with E-state index in [2.05, 4.69) is 22.0 Å². The van der Waals surface area contributed by atoms with Gasteiger partial charge in [0.05, 0.1) is 0 Å². The first-order chi connectivity index (χ1) is 16.0. The van der Waals surface area contributed by atoms with E-state index in [-0.39, 0.29) is 5.91 Å². The predicted molar refractivity (Wildman–Crippen MR) is 127 cm³/mol. The summed E-state index contributed by atoms with van der Waals surface area (Å²) in [6.07, 6.45) is 2.53. The van der Waals surface area contributed by atoms with Gasteiger partial charge >= 0.3 is 0 Å². The number of carbonyl (C=O) groups excluding carboxylic acids is 1. The molecule has 5 nitrogen and oxygen atoms in total. The van der Waals surface area contributed by atoms with Gasteiger partial charge in [-0.2, -0.15) is 8.78 Å². The van der Waals surface area contributed by atoms with Gasteiger partial charge in [0.1, 0.15) is 5.82 Å². The number of anilines is 1. The van der Waals surface area contributed by atoms with Gasteiger partial charge in [0.25, 0.3) is 11.7 Å². The molecule has 1 fully saturated rings. The molecule has 0 unspecified atom stereocenters. The maximum absolute atomic E-state index is 12.9. The number of benzene rings is 2. The average Bonchev–Trinajstić information content (AvgIpc) is 2.82. The highest BCUT2D eigenvalue weighted by Gasteiger charge is 2.24. The lowest BCUT2D eigenvalue weighted by Gasteiger charge is -2.35. The van der Waals surface area contributed by atoms with Crippen LogP contribution in [0.15, 0.2) is 71.8 Å². The molecule has 1 amide bonds. The van der Waals surface area contributed by atoms with E-state index in [9.17, 15) is 13.6 Å². The second-order valence-corrected chi connectivity index (χ2v) is 9.03. The Morgan fingerprint density at radius 2 is 1.79 bits per heavy atom. The van der Waals surface area contributed by atoms with Crippen LogP contribution in [0, 0.1) is 0 Å². The number of rotatable bonds is 7. The molecule has 4 rings (SSSR count). The van der Waals surface area contributed by atoms with E-state index in [4.69, 9.17) is 5.73 Å². The lowest BCUT2D eigenvalue weighted by Crippen LogP contribution is -2.48. The Morgan fingerprint density at radius 1 is 1.03 bits per heavy atom. The second kappa shape index (κ2) is 10.8. The van der Waals surface area contributed by atoms with Crippen LogP contribution in [-0.2, 0) is 13.0 Å². The van der Waals surface area contributed by atoms with Crippen LogP contribution in [0.3, 0.4) is 0 Å². The SMILES string of the molecule is Nc1nccc(Cc2ccccc2)c1CN1CCN(C(=O)c2cccc(SC(F)F)c2)CC1. The molecular formula is C25H26F2N4OS. The molecule has 3 aromatic rings. The van der Waals surface area contributed by atoms with Gasteiger partial charge in [0, 0.05) is 54.9 Å².